The molecule has 4 aliphatic carbocycles. The molecule has 5 aromatic rings. The monoisotopic (exact) mass is 1580 g/mol. The summed E-state index contributed by atoms with van der Waals surface area (Å²) in [5, 5.41) is 23.4. The summed E-state index contributed by atoms with van der Waals surface area (Å²) in [4.78, 5) is 150. The van der Waals surface area contributed by atoms with E-state index in [0.717, 1.165) is 84.9 Å². The predicted molar refractivity (Wildman–Crippen MR) is 434 cm³/mol. The van der Waals surface area contributed by atoms with Crippen molar-refractivity contribution < 1.29 is 81.5 Å². The van der Waals surface area contributed by atoms with Gasteiger partial charge >= 0.3 is 18.1 Å². The number of carbonyl (C=O) groups is 11. The zero-order chi connectivity index (χ0) is 82.5. The number of aryl methyl sites for hydroxylation is 2. The Morgan fingerprint density at radius 3 is 1.81 bits per heavy atom. The van der Waals surface area contributed by atoms with Gasteiger partial charge in [-0.1, -0.05) is 133 Å². The lowest BCUT2D eigenvalue weighted by molar-refractivity contribution is -0.146. The summed E-state index contributed by atoms with van der Waals surface area (Å²) >= 11 is 0. The van der Waals surface area contributed by atoms with Crippen LogP contribution in [0.1, 0.15) is 194 Å². The molecule has 1 heterocycles. The zero-order valence-corrected chi connectivity index (χ0v) is 67.4. The molecule has 2 fully saturated rings. The molecule has 10 rings (SSSR count). The Bertz CT molecular complexity index is 4420. The van der Waals surface area contributed by atoms with Crippen molar-refractivity contribution in [3.63, 3.8) is 0 Å². The fraction of sp³-hybridized carbons (Fsp3) is 0.522. The molecule has 25 nitrogen and oxygen atoms in total. The summed E-state index contributed by atoms with van der Waals surface area (Å²) in [5.74, 6) is 1.62. The first kappa shape index (κ1) is 87.3. The fourth-order valence-electron chi connectivity index (χ4n) is 18.3. The first-order valence-electron chi connectivity index (χ1n) is 40.7. The molecule has 0 bridgehead atoms. The van der Waals surface area contributed by atoms with Gasteiger partial charge in [-0.3, -0.25) is 43.2 Å². The molecule has 10 N–H and O–H groups in total. The lowest BCUT2D eigenvalue weighted by Crippen LogP contribution is -2.55. The number of nitrogens with zero attached hydrogens (tertiary/aromatic N) is 1. The zero-order valence-electron chi connectivity index (χ0n) is 67.4. The quantitative estimate of drug-likeness (QED) is 0.00780. The van der Waals surface area contributed by atoms with Crippen LogP contribution in [0.4, 0.5) is 26.7 Å². The van der Waals surface area contributed by atoms with Crippen molar-refractivity contribution in [2.24, 2.45) is 40.2 Å². The number of carbonyl (C=O) groups excluding carboxylic acids is 10. The number of ketones is 4. The van der Waals surface area contributed by atoms with Crippen LogP contribution < -0.4 is 43.0 Å². The number of carboxylic acid groups (broad SMARTS) is 1. The number of alkyl carbamates (subject to hydrolysis) is 1. The van der Waals surface area contributed by atoms with Gasteiger partial charge in [0.2, 0.25) is 23.6 Å². The maximum atomic E-state index is 15.0. The Morgan fingerprint density at radius 1 is 0.591 bits per heavy atom. The largest absolute Gasteiger partial charge is 0.481 e. The number of urea groups is 1. The third-order valence-corrected chi connectivity index (χ3v) is 24.5. The summed E-state index contributed by atoms with van der Waals surface area (Å²) in [5.41, 5.74) is 19.7. The van der Waals surface area contributed by atoms with Gasteiger partial charge in [0.25, 0.3) is 0 Å². The molecule has 115 heavy (non-hydrogen) atoms. The van der Waals surface area contributed by atoms with E-state index in [9.17, 15) is 57.8 Å². The summed E-state index contributed by atoms with van der Waals surface area (Å²) in [7, 11) is 0. The second-order valence-corrected chi connectivity index (χ2v) is 32.7. The van der Waals surface area contributed by atoms with Crippen molar-refractivity contribution in [1.29, 1.82) is 0 Å². The van der Waals surface area contributed by atoms with E-state index >= 15 is 0 Å². The number of carboxylic acids is 1. The van der Waals surface area contributed by atoms with E-state index in [1.807, 2.05) is 72.8 Å². The van der Waals surface area contributed by atoms with Crippen molar-refractivity contribution >= 4 is 81.9 Å². The van der Waals surface area contributed by atoms with Gasteiger partial charge in [0.15, 0.2) is 11.6 Å². The van der Waals surface area contributed by atoms with Gasteiger partial charge < -0.3 is 71.7 Å². The number of primary amides is 1. The number of hydrogen-bond acceptors (Lipinski definition) is 17. The first-order chi connectivity index (χ1) is 55.1. The lowest BCUT2D eigenvalue weighted by atomic mass is 9.47. The van der Waals surface area contributed by atoms with Crippen LogP contribution in [0.5, 0.6) is 0 Å². The number of nitrogens with one attached hydrogen (secondary N) is 5. The molecule has 0 aromatic heterocycles. The van der Waals surface area contributed by atoms with Crippen LogP contribution in [0.3, 0.4) is 0 Å². The number of nitrogen functional groups attached to an aromatic ring is 1. The number of benzene rings is 5. The molecule has 2 saturated carbocycles. The van der Waals surface area contributed by atoms with E-state index < -0.39 is 76.4 Å². The van der Waals surface area contributed by atoms with Crippen molar-refractivity contribution in [2.45, 2.75) is 200 Å². The number of Topliss-reactive ketones (excluding diaryl/α,β-unsaturated/α-hetero) is 4. The fourth-order valence-corrected chi connectivity index (χ4v) is 18.3. The Balaban J connectivity index is 0.612. The second-order valence-electron chi connectivity index (χ2n) is 32.7. The van der Waals surface area contributed by atoms with Gasteiger partial charge in [0.1, 0.15) is 24.2 Å². The molecular weight excluding hydrogens is 1470 g/mol. The van der Waals surface area contributed by atoms with E-state index in [0.29, 0.717) is 68.1 Å². The number of para-hydroxylation sites is 1. The number of anilines is 3. The summed E-state index contributed by atoms with van der Waals surface area (Å²) in [6, 6.07) is 30.5. The molecule has 616 valence electrons. The molecule has 5 aliphatic rings. The van der Waals surface area contributed by atoms with Gasteiger partial charge in [0, 0.05) is 84.4 Å². The van der Waals surface area contributed by atoms with Crippen LogP contribution in [0.2, 0.25) is 0 Å². The number of fused-ring (bicyclic) bond motifs is 8. The highest BCUT2D eigenvalue weighted by Gasteiger charge is 2.58. The predicted octanol–water partition coefficient (Wildman–Crippen LogP) is 10.8. The van der Waals surface area contributed by atoms with E-state index in [2.05, 4.69) is 78.3 Å². The van der Waals surface area contributed by atoms with E-state index in [1.165, 1.54) is 11.1 Å². The normalized spacial score (nSPS) is 21.1. The van der Waals surface area contributed by atoms with Gasteiger partial charge in [0.05, 0.1) is 84.0 Å². The van der Waals surface area contributed by atoms with Crippen LogP contribution in [0.25, 0.3) is 0 Å². The third kappa shape index (κ3) is 22.7. The van der Waals surface area contributed by atoms with Crippen LogP contribution in [-0.4, -0.2) is 148 Å². The minimum Gasteiger partial charge on any atom is -0.481 e. The minimum absolute atomic E-state index is 0.00380. The maximum absolute atomic E-state index is 15.0. The average molecular weight is 1580 g/mol. The van der Waals surface area contributed by atoms with Crippen molar-refractivity contribution in [3.05, 3.63) is 159 Å². The van der Waals surface area contributed by atoms with Crippen molar-refractivity contribution in [2.75, 3.05) is 81.9 Å². The Hall–Kier alpha value is -10.1. The molecule has 0 saturated heterocycles. The number of aliphatic carboxylic acids is 1. The highest BCUT2D eigenvalue weighted by atomic mass is 16.6. The topological polar surface area (TPSA) is 370 Å². The van der Waals surface area contributed by atoms with E-state index in [-0.39, 0.29) is 150 Å². The molecule has 0 unspecified atom stereocenters. The van der Waals surface area contributed by atoms with Crippen LogP contribution in [0, 0.1) is 46.3 Å². The number of nitrogens with two attached hydrogens (primary N) is 2. The molecule has 25 heteroatoms. The molecule has 1 aliphatic heterocycles. The minimum atomic E-state index is -1.44. The molecule has 0 spiro atoms. The SMILES string of the molecule is CC(C)[C@H](NC(=O)CCOCCOCCOCCOCCNC(=O)CCC(=O)N1Cc2ccccc2C#Cc2ccccc21)C(=O)C[C@@H](CCCNC(N)=O)C(=O)Nc1ccc(COC(=O)N[C@@H](CC(=O)O)C(=O)Cc2ccc3c(c2)[C@@]2(C)CCC[C@](C)(C(=O)CC(=O)[C@@]4(C)CCC[C@]5(C)c6cc(N)ccc6CC[C@@H]45)[C@@H]2CC3)cc1. The third-order valence-electron chi connectivity index (χ3n) is 24.5. The first-order valence-corrected chi connectivity index (χ1v) is 40.7. The summed E-state index contributed by atoms with van der Waals surface area (Å²) in [6.07, 6.45) is 6.31. The maximum Gasteiger partial charge on any atom is 0.408 e. The highest BCUT2D eigenvalue weighted by Crippen LogP contribution is 2.61. The lowest BCUT2D eigenvalue weighted by Gasteiger charge is -2.56. The van der Waals surface area contributed by atoms with Crippen LogP contribution >= 0.6 is 0 Å². The molecule has 0 radical (unpaired) electrons. The number of rotatable bonds is 41. The number of amides is 7. The average Bonchev–Trinajstić information content (AvgIpc) is 0.721. The van der Waals surface area contributed by atoms with Crippen molar-refractivity contribution in [3.8, 4) is 11.8 Å². The molecule has 7 amide bonds. The Kier molecular flexibility index (Phi) is 30.7. The Morgan fingerprint density at radius 2 is 1.17 bits per heavy atom. The van der Waals surface area contributed by atoms with Gasteiger partial charge in [-0.2, -0.15) is 0 Å². The second kappa shape index (κ2) is 40.4. The number of ether oxygens (including phenoxy) is 5. The van der Waals surface area contributed by atoms with Crippen LogP contribution in [0.15, 0.2) is 109 Å². The number of hydrogen-bond donors (Lipinski definition) is 8. The molecule has 9 atom stereocenters. The van der Waals surface area contributed by atoms with Gasteiger partial charge in [-0.15, -0.1) is 0 Å². The van der Waals surface area contributed by atoms with Gasteiger partial charge in [-0.05, 0) is 174 Å². The summed E-state index contributed by atoms with van der Waals surface area (Å²) < 4.78 is 27.9. The highest BCUT2D eigenvalue weighted by molar-refractivity contribution is 6.05. The van der Waals surface area contributed by atoms with E-state index in [4.69, 9.17) is 35.2 Å². The smallest absolute Gasteiger partial charge is 0.408 e. The van der Waals surface area contributed by atoms with E-state index in [1.54, 1.807) is 43.0 Å². The Labute approximate surface area is 674 Å². The standard InChI is InChI=1S/C90H114N8O17/c1-58(2)83(97-80(104)35-42-111-44-46-113-48-49-114-47-45-112-43-41-93-79(103)33-34-81(105)98-56-66-16-8-7-14-61(66)23-24-64-15-9-10-18-72(64)98)74(100)52-65(17-11-40-94-85(92)109)84(108)95-68-29-20-59(21-30-68)57-115-86(110)96-71(54-82(106)107)73(99)51-60-19-22-62-26-31-75-87(3,69(62)50-60)36-12-38-89(75,5)77(101)55-78(102)90(6)39-13-37-88(4)70-53-67(91)28-25-63(70)27-32-76(88)90/h7-10,14-16,18-22,25,28-30,50,53,58,65,71,75-76,83H,11-13,17,26-27,31-49,51-52,54-57,91H2,1-6H3,(H,93,103)(H,95,108)(H,96,110)(H,97,104)(H,106,107)(H3,92,94,109)/t65-,71+,75-,76-,83+,87-,88-,89+,90+/m1/s1. The van der Waals surface area contributed by atoms with Gasteiger partial charge in [-0.25, -0.2) is 9.59 Å². The molecule has 5 aromatic carbocycles. The summed E-state index contributed by atoms with van der Waals surface area (Å²) in [6.45, 7) is 14.6. The van der Waals surface area contributed by atoms with Crippen molar-refractivity contribution in [1.82, 2.24) is 21.3 Å². The molecular formula is C90H114N8O17. The van der Waals surface area contributed by atoms with Crippen LogP contribution in [-0.2, 0) is 110 Å².